The first-order valence-corrected chi connectivity index (χ1v) is 13.2. The van der Waals surface area contributed by atoms with E-state index < -0.39 is 17.5 Å². The average molecular weight is 533 g/mol. The van der Waals surface area contributed by atoms with Crippen molar-refractivity contribution in [3.05, 3.63) is 106 Å². The van der Waals surface area contributed by atoms with Crippen LogP contribution in [0.5, 0.6) is 0 Å². The van der Waals surface area contributed by atoms with Gasteiger partial charge in [0, 0.05) is 55.9 Å². The lowest BCUT2D eigenvalue weighted by atomic mass is 9.91. The fraction of sp³-hybridized carbons (Fsp3) is 0.242. The molecule has 1 aromatic heterocycles. The predicted octanol–water partition coefficient (Wildman–Crippen LogP) is 6.51. The Hall–Kier alpha value is -5.01. The van der Waals surface area contributed by atoms with Gasteiger partial charge in [0.15, 0.2) is 0 Å². The highest BCUT2D eigenvalue weighted by Gasteiger charge is 2.22. The zero-order valence-corrected chi connectivity index (χ0v) is 23.2. The van der Waals surface area contributed by atoms with Crippen molar-refractivity contribution in [1.29, 1.82) is 10.5 Å². The standard InChI is InChI=1S/C33H32N4O3/c1-5-37(6-2)29-14-10-24-17-25(33(38)40-32(24)20-29)11-16-31-19-26(27(21-34)22-35)18-30(39-31)15-9-23-7-12-28(13-8-23)36(3)4/h7-20,26-27H,5-6H2,1-4H3/b15-9+,16-11+. The van der Waals surface area contributed by atoms with Crippen LogP contribution >= 0.6 is 0 Å². The third-order valence-corrected chi connectivity index (χ3v) is 6.76. The molecule has 1 unspecified atom stereocenters. The number of nitriles is 2. The van der Waals surface area contributed by atoms with Crippen molar-refractivity contribution in [3.8, 4) is 12.1 Å². The Morgan fingerprint density at radius 1 is 0.875 bits per heavy atom. The Kier molecular flexibility index (Phi) is 8.89. The molecule has 0 N–H and O–H groups in total. The van der Waals surface area contributed by atoms with Gasteiger partial charge in [0.25, 0.3) is 0 Å². The van der Waals surface area contributed by atoms with E-state index in [1.54, 1.807) is 30.4 Å². The van der Waals surface area contributed by atoms with E-state index in [4.69, 9.17) is 9.15 Å². The largest absolute Gasteiger partial charge is 0.458 e. The summed E-state index contributed by atoms with van der Waals surface area (Å²) >= 11 is 0. The number of nitrogens with zero attached hydrogens (tertiary/aromatic N) is 4. The van der Waals surface area contributed by atoms with Crippen molar-refractivity contribution in [2.45, 2.75) is 13.8 Å². The van der Waals surface area contributed by atoms with Crippen LogP contribution in [-0.2, 0) is 4.74 Å². The topological polar surface area (TPSA) is 93.5 Å². The van der Waals surface area contributed by atoms with E-state index in [-0.39, 0.29) is 0 Å². The van der Waals surface area contributed by atoms with Crippen LogP contribution in [0.3, 0.4) is 0 Å². The van der Waals surface area contributed by atoms with Gasteiger partial charge in [0.05, 0.1) is 17.7 Å². The molecule has 40 heavy (non-hydrogen) atoms. The fourth-order valence-electron chi connectivity index (χ4n) is 4.46. The van der Waals surface area contributed by atoms with Crippen LogP contribution in [0.1, 0.15) is 25.0 Å². The molecule has 0 saturated heterocycles. The fourth-order valence-corrected chi connectivity index (χ4v) is 4.46. The summed E-state index contributed by atoms with van der Waals surface area (Å²) in [6, 6.07) is 19.8. The highest BCUT2D eigenvalue weighted by atomic mass is 16.5. The quantitative estimate of drug-likeness (QED) is 0.290. The Morgan fingerprint density at radius 3 is 2.10 bits per heavy atom. The lowest BCUT2D eigenvalue weighted by molar-refractivity contribution is 0.316. The van der Waals surface area contributed by atoms with Gasteiger partial charge in [-0.15, -0.1) is 0 Å². The van der Waals surface area contributed by atoms with Crippen molar-refractivity contribution in [3.63, 3.8) is 0 Å². The van der Waals surface area contributed by atoms with E-state index >= 15 is 0 Å². The van der Waals surface area contributed by atoms with Crippen LogP contribution in [-0.4, -0.2) is 27.2 Å². The van der Waals surface area contributed by atoms with E-state index in [1.165, 1.54) is 0 Å². The number of hydrogen-bond acceptors (Lipinski definition) is 7. The third kappa shape index (κ3) is 6.51. The second-order valence-electron chi connectivity index (χ2n) is 9.59. The maximum Gasteiger partial charge on any atom is 0.343 e. The van der Waals surface area contributed by atoms with Crippen LogP contribution in [0.25, 0.3) is 23.1 Å². The predicted molar refractivity (Wildman–Crippen MR) is 160 cm³/mol. The summed E-state index contributed by atoms with van der Waals surface area (Å²) in [5.41, 5.74) is 3.51. The van der Waals surface area contributed by atoms with Crippen molar-refractivity contribution >= 4 is 34.5 Å². The lowest BCUT2D eigenvalue weighted by Gasteiger charge is -2.21. The van der Waals surface area contributed by atoms with Crippen LogP contribution in [0.4, 0.5) is 11.4 Å². The lowest BCUT2D eigenvalue weighted by Crippen LogP contribution is -2.21. The van der Waals surface area contributed by atoms with Gasteiger partial charge < -0.3 is 19.0 Å². The molecule has 2 aromatic carbocycles. The maximum absolute atomic E-state index is 12.8. The highest BCUT2D eigenvalue weighted by Crippen LogP contribution is 2.28. The Bertz CT molecular complexity index is 1610. The number of rotatable bonds is 9. The normalized spacial score (nSPS) is 15.0. The summed E-state index contributed by atoms with van der Waals surface area (Å²) in [5, 5.41) is 19.8. The molecular formula is C33H32N4O3. The Morgan fingerprint density at radius 2 is 1.50 bits per heavy atom. The number of fused-ring (bicyclic) bond motifs is 1. The molecule has 2 heterocycles. The zero-order valence-electron chi connectivity index (χ0n) is 23.2. The molecule has 0 spiro atoms. The monoisotopic (exact) mass is 532 g/mol. The van der Waals surface area contributed by atoms with Gasteiger partial charge in [-0.1, -0.05) is 18.2 Å². The molecule has 7 nitrogen and oxygen atoms in total. The van der Waals surface area contributed by atoms with Crippen LogP contribution in [0.2, 0.25) is 0 Å². The summed E-state index contributed by atoms with van der Waals surface area (Å²) in [5.74, 6) is -0.401. The minimum absolute atomic E-state index is 0.369. The molecule has 0 fully saturated rings. The Labute approximate surface area is 234 Å². The molecule has 0 amide bonds. The molecule has 1 aliphatic rings. The zero-order chi connectivity index (χ0) is 28.6. The molecular weight excluding hydrogens is 500 g/mol. The van der Waals surface area contributed by atoms with Gasteiger partial charge >= 0.3 is 5.63 Å². The molecule has 0 saturated carbocycles. The second kappa shape index (κ2) is 12.7. The van der Waals surface area contributed by atoms with Crippen molar-refractivity contribution in [2.24, 2.45) is 11.8 Å². The van der Waals surface area contributed by atoms with Gasteiger partial charge in [0.1, 0.15) is 23.0 Å². The number of anilines is 2. The number of hydrogen-bond donors (Lipinski definition) is 0. The van der Waals surface area contributed by atoms with Crippen molar-refractivity contribution in [1.82, 2.24) is 0 Å². The maximum atomic E-state index is 12.8. The minimum Gasteiger partial charge on any atom is -0.458 e. The van der Waals surface area contributed by atoms with Gasteiger partial charge in [-0.25, -0.2) is 4.79 Å². The van der Waals surface area contributed by atoms with E-state index in [1.807, 2.05) is 85.8 Å². The van der Waals surface area contributed by atoms with Crippen LogP contribution < -0.4 is 15.4 Å². The molecule has 4 rings (SSSR count). The van der Waals surface area contributed by atoms with Crippen LogP contribution in [0, 0.1) is 34.5 Å². The smallest absolute Gasteiger partial charge is 0.343 e. The molecule has 202 valence electrons. The van der Waals surface area contributed by atoms with Gasteiger partial charge in [0.2, 0.25) is 0 Å². The first kappa shape index (κ1) is 28.0. The van der Waals surface area contributed by atoms with Crippen molar-refractivity contribution < 1.29 is 9.15 Å². The summed E-state index contributed by atoms with van der Waals surface area (Å²) in [6.45, 7) is 5.88. The van der Waals surface area contributed by atoms with Crippen molar-refractivity contribution in [2.75, 3.05) is 37.0 Å². The molecule has 0 radical (unpaired) electrons. The molecule has 1 aliphatic heterocycles. The summed E-state index contributed by atoms with van der Waals surface area (Å²) in [6.07, 6.45) is 10.5. The van der Waals surface area contributed by atoms with Gasteiger partial charge in [-0.3, -0.25) is 0 Å². The molecule has 7 heteroatoms. The Balaban J connectivity index is 1.59. The molecule has 3 aromatic rings. The summed E-state index contributed by atoms with van der Waals surface area (Å²) in [4.78, 5) is 17.0. The van der Waals surface area contributed by atoms with Gasteiger partial charge in [-0.2, -0.15) is 10.5 Å². The summed E-state index contributed by atoms with van der Waals surface area (Å²) in [7, 11) is 3.97. The molecule has 0 bridgehead atoms. The molecule has 1 atom stereocenters. The third-order valence-electron chi connectivity index (χ3n) is 6.76. The SMILES string of the molecule is CCN(CC)c1ccc2cc(/C=C/C3=CC(C(C#N)C#N)C=C(/C=C/c4ccc(N(C)C)cc4)O3)c(=O)oc2c1. The molecule has 0 aliphatic carbocycles. The van der Waals surface area contributed by atoms with Gasteiger partial charge in [-0.05, 0) is 80.1 Å². The number of benzene rings is 2. The summed E-state index contributed by atoms with van der Waals surface area (Å²) < 4.78 is 11.7. The first-order chi connectivity index (χ1) is 19.3. The number of allylic oxidation sites excluding steroid dienone is 4. The average Bonchev–Trinajstić information content (AvgIpc) is 2.96. The van der Waals surface area contributed by atoms with Crippen LogP contribution in [0.15, 0.2) is 93.6 Å². The van der Waals surface area contributed by atoms with E-state index in [9.17, 15) is 15.3 Å². The first-order valence-electron chi connectivity index (χ1n) is 13.2. The number of ether oxygens (including phenoxy) is 1. The second-order valence-corrected chi connectivity index (χ2v) is 9.59. The minimum atomic E-state index is -0.874. The van der Waals surface area contributed by atoms with E-state index in [0.717, 1.165) is 35.4 Å². The van der Waals surface area contributed by atoms with E-state index in [0.29, 0.717) is 22.7 Å². The highest BCUT2D eigenvalue weighted by molar-refractivity contribution is 5.82. The van der Waals surface area contributed by atoms with E-state index in [2.05, 4.69) is 18.7 Å².